The van der Waals surface area contributed by atoms with E-state index in [1.807, 2.05) is 16.8 Å². The van der Waals surface area contributed by atoms with Crippen molar-refractivity contribution in [3.8, 4) is 0 Å². The number of hydrogen-bond donors (Lipinski definition) is 1. The summed E-state index contributed by atoms with van der Waals surface area (Å²) in [6.45, 7) is 2.20. The molecule has 18 heavy (non-hydrogen) atoms. The van der Waals surface area contributed by atoms with E-state index in [9.17, 15) is 14.7 Å². The number of aliphatic carboxylic acids is 1. The Morgan fingerprint density at radius 2 is 2.28 bits per heavy atom. The maximum atomic E-state index is 12.3. The maximum absolute atomic E-state index is 12.3. The standard InChI is InChI=1S/C13H17NO3S/c1-13(12(16)17)5-2-3-6-14(13)11(15)8-10-4-7-18-9-10/h4,7,9H,2-3,5-6,8H2,1H3,(H,16,17). The fraction of sp³-hybridized carbons (Fsp3) is 0.538. The van der Waals surface area contributed by atoms with Gasteiger partial charge in [0.1, 0.15) is 5.54 Å². The van der Waals surface area contributed by atoms with Crippen LogP contribution in [0.3, 0.4) is 0 Å². The van der Waals surface area contributed by atoms with Crippen molar-refractivity contribution in [2.75, 3.05) is 6.54 Å². The second-order valence-electron chi connectivity index (χ2n) is 4.89. The van der Waals surface area contributed by atoms with Gasteiger partial charge in [-0.05, 0) is 48.6 Å². The molecule has 1 saturated heterocycles. The van der Waals surface area contributed by atoms with Gasteiger partial charge in [0, 0.05) is 6.54 Å². The number of carboxylic acid groups (broad SMARTS) is 1. The van der Waals surface area contributed by atoms with E-state index < -0.39 is 11.5 Å². The Hall–Kier alpha value is -1.36. The summed E-state index contributed by atoms with van der Waals surface area (Å²) in [5.41, 5.74) is -0.0750. The molecule has 0 aromatic carbocycles. The fourth-order valence-electron chi connectivity index (χ4n) is 2.41. The first-order chi connectivity index (χ1) is 8.54. The highest BCUT2D eigenvalue weighted by molar-refractivity contribution is 7.07. The van der Waals surface area contributed by atoms with E-state index >= 15 is 0 Å². The normalized spacial score (nSPS) is 23.9. The summed E-state index contributed by atoms with van der Waals surface area (Å²) in [7, 11) is 0. The van der Waals surface area contributed by atoms with Crippen LogP contribution in [0, 0.1) is 0 Å². The van der Waals surface area contributed by atoms with Crippen molar-refractivity contribution in [1.82, 2.24) is 4.90 Å². The van der Waals surface area contributed by atoms with Crippen LogP contribution in [-0.2, 0) is 16.0 Å². The molecule has 0 spiro atoms. The third kappa shape index (κ3) is 2.41. The highest BCUT2D eigenvalue weighted by Crippen LogP contribution is 2.29. The predicted molar refractivity (Wildman–Crippen MR) is 69.6 cm³/mol. The van der Waals surface area contributed by atoms with Crippen molar-refractivity contribution in [2.24, 2.45) is 0 Å². The van der Waals surface area contributed by atoms with Crippen LogP contribution in [0.15, 0.2) is 16.8 Å². The van der Waals surface area contributed by atoms with Crippen molar-refractivity contribution in [3.63, 3.8) is 0 Å². The SMILES string of the molecule is CC1(C(=O)O)CCCCN1C(=O)Cc1ccsc1. The minimum atomic E-state index is -1.04. The molecule has 1 unspecified atom stereocenters. The maximum Gasteiger partial charge on any atom is 0.329 e. The Morgan fingerprint density at radius 1 is 1.50 bits per heavy atom. The average Bonchev–Trinajstić information content (AvgIpc) is 2.82. The van der Waals surface area contributed by atoms with Crippen LogP contribution in [0.4, 0.5) is 0 Å². The van der Waals surface area contributed by atoms with E-state index in [0.717, 1.165) is 18.4 Å². The molecule has 4 nitrogen and oxygen atoms in total. The molecular formula is C13H17NO3S. The Kier molecular flexibility index (Phi) is 3.71. The van der Waals surface area contributed by atoms with Crippen LogP contribution >= 0.6 is 11.3 Å². The van der Waals surface area contributed by atoms with Gasteiger partial charge >= 0.3 is 5.97 Å². The summed E-state index contributed by atoms with van der Waals surface area (Å²) >= 11 is 1.55. The van der Waals surface area contributed by atoms with Gasteiger partial charge in [-0.25, -0.2) is 4.79 Å². The van der Waals surface area contributed by atoms with Crippen LogP contribution < -0.4 is 0 Å². The zero-order valence-electron chi connectivity index (χ0n) is 10.4. The number of carbonyl (C=O) groups is 2. The van der Waals surface area contributed by atoms with E-state index in [2.05, 4.69) is 0 Å². The Labute approximate surface area is 110 Å². The van der Waals surface area contributed by atoms with Crippen LogP contribution in [0.2, 0.25) is 0 Å². The number of carboxylic acids is 1. The van der Waals surface area contributed by atoms with Crippen LogP contribution in [0.1, 0.15) is 31.7 Å². The van der Waals surface area contributed by atoms with E-state index in [0.29, 0.717) is 19.4 Å². The molecule has 5 heteroatoms. The molecule has 0 saturated carbocycles. The first kappa shape index (κ1) is 13.1. The van der Waals surface area contributed by atoms with Gasteiger partial charge in [-0.2, -0.15) is 11.3 Å². The Balaban J connectivity index is 2.14. The van der Waals surface area contributed by atoms with Gasteiger partial charge in [0.05, 0.1) is 6.42 Å². The summed E-state index contributed by atoms with van der Waals surface area (Å²) in [6, 6.07) is 1.91. The summed E-state index contributed by atoms with van der Waals surface area (Å²) in [5.74, 6) is -0.987. The summed E-state index contributed by atoms with van der Waals surface area (Å²) in [6.07, 6.45) is 2.59. The molecule has 1 aliphatic rings. The molecule has 1 fully saturated rings. The number of nitrogens with zero attached hydrogens (tertiary/aromatic N) is 1. The highest BCUT2D eigenvalue weighted by Gasteiger charge is 2.43. The Morgan fingerprint density at radius 3 is 2.89 bits per heavy atom. The molecular weight excluding hydrogens is 250 g/mol. The lowest BCUT2D eigenvalue weighted by Crippen LogP contribution is -2.57. The van der Waals surface area contributed by atoms with Crippen LogP contribution in [0.5, 0.6) is 0 Å². The largest absolute Gasteiger partial charge is 0.480 e. The molecule has 1 N–H and O–H groups in total. The second-order valence-corrected chi connectivity index (χ2v) is 5.67. The van der Waals surface area contributed by atoms with E-state index in [-0.39, 0.29) is 5.91 Å². The smallest absolute Gasteiger partial charge is 0.329 e. The van der Waals surface area contributed by atoms with E-state index in [1.165, 1.54) is 4.90 Å². The van der Waals surface area contributed by atoms with Gasteiger partial charge in [-0.3, -0.25) is 4.79 Å². The topological polar surface area (TPSA) is 57.6 Å². The van der Waals surface area contributed by atoms with Crippen LogP contribution in [0.25, 0.3) is 0 Å². The lowest BCUT2D eigenvalue weighted by molar-refractivity contribution is -0.160. The number of piperidine rings is 1. The number of carbonyl (C=O) groups excluding carboxylic acids is 1. The molecule has 1 amide bonds. The number of thiophene rings is 1. The molecule has 2 rings (SSSR count). The van der Waals surface area contributed by atoms with Gasteiger partial charge in [0.15, 0.2) is 0 Å². The lowest BCUT2D eigenvalue weighted by atomic mass is 9.88. The first-order valence-corrected chi connectivity index (χ1v) is 7.03. The van der Waals surface area contributed by atoms with Gasteiger partial charge in [-0.15, -0.1) is 0 Å². The summed E-state index contributed by atoms with van der Waals surface area (Å²) < 4.78 is 0. The van der Waals surface area contributed by atoms with Crippen LogP contribution in [-0.4, -0.2) is 34.0 Å². The van der Waals surface area contributed by atoms with Crippen molar-refractivity contribution in [2.45, 2.75) is 38.1 Å². The number of hydrogen-bond acceptors (Lipinski definition) is 3. The second kappa shape index (κ2) is 5.10. The number of likely N-dealkylation sites (tertiary alicyclic amines) is 1. The molecule has 0 radical (unpaired) electrons. The molecule has 1 aromatic rings. The molecule has 0 bridgehead atoms. The zero-order valence-corrected chi connectivity index (χ0v) is 11.2. The highest BCUT2D eigenvalue weighted by atomic mass is 32.1. The van der Waals surface area contributed by atoms with Crippen molar-refractivity contribution in [3.05, 3.63) is 22.4 Å². The lowest BCUT2D eigenvalue weighted by Gasteiger charge is -2.41. The quantitative estimate of drug-likeness (QED) is 0.913. The monoisotopic (exact) mass is 267 g/mol. The molecule has 2 heterocycles. The third-order valence-electron chi connectivity index (χ3n) is 3.59. The fourth-order valence-corrected chi connectivity index (χ4v) is 3.08. The van der Waals surface area contributed by atoms with Crippen molar-refractivity contribution < 1.29 is 14.7 Å². The predicted octanol–water partition coefficient (Wildman–Crippen LogP) is 2.15. The van der Waals surface area contributed by atoms with E-state index in [4.69, 9.17) is 0 Å². The summed E-state index contributed by atoms with van der Waals surface area (Å²) in [4.78, 5) is 25.2. The average molecular weight is 267 g/mol. The first-order valence-electron chi connectivity index (χ1n) is 6.09. The van der Waals surface area contributed by atoms with Gasteiger partial charge in [0.2, 0.25) is 5.91 Å². The van der Waals surface area contributed by atoms with E-state index in [1.54, 1.807) is 18.3 Å². The molecule has 0 aliphatic carbocycles. The third-order valence-corrected chi connectivity index (χ3v) is 4.32. The Bertz CT molecular complexity index is 443. The van der Waals surface area contributed by atoms with Gasteiger partial charge < -0.3 is 10.0 Å². The van der Waals surface area contributed by atoms with Gasteiger partial charge in [0.25, 0.3) is 0 Å². The zero-order chi connectivity index (χ0) is 13.2. The molecule has 1 atom stereocenters. The van der Waals surface area contributed by atoms with Crippen molar-refractivity contribution in [1.29, 1.82) is 0 Å². The molecule has 1 aliphatic heterocycles. The van der Waals surface area contributed by atoms with Crippen molar-refractivity contribution >= 4 is 23.2 Å². The summed E-state index contributed by atoms with van der Waals surface area (Å²) in [5, 5.41) is 13.2. The molecule has 1 aromatic heterocycles. The van der Waals surface area contributed by atoms with Gasteiger partial charge in [-0.1, -0.05) is 0 Å². The molecule has 98 valence electrons. The minimum absolute atomic E-state index is 0.0852. The minimum Gasteiger partial charge on any atom is -0.480 e. The number of amides is 1. The number of rotatable bonds is 3.